The monoisotopic (exact) mass is 240 g/mol. The van der Waals surface area contributed by atoms with Gasteiger partial charge in [-0.25, -0.2) is 8.78 Å². The van der Waals surface area contributed by atoms with E-state index in [-0.39, 0.29) is 11.5 Å². The first-order valence-electron chi connectivity index (χ1n) is 6.12. The minimum absolute atomic E-state index is 0.0463. The van der Waals surface area contributed by atoms with Gasteiger partial charge in [0.1, 0.15) is 0 Å². The van der Waals surface area contributed by atoms with E-state index in [1.54, 1.807) is 0 Å². The van der Waals surface area contributed by atoms with Crippen molar-refractivity contribution in [1.29, 1.82) is 0 Å². The van der Waals surface area contributed by atoms with Crippen LogP contribution in [0.25, 0.3) is 0 Å². The number of benzene rings is 1. The van der Waals surface area contributed by atoms with Gasteiger partial charge in [-0.05, 0) is 30.7 Å². The smallest absolute Gasteiger partial charge is 0.164 e. The normalized spacial score (nSPS) is 33.7. The zero-order chi connectivity index (χ0) is 12.6. The van der Waals surface area contributed by atoms with Gasteiger partial charge in [0.15, 0.2) is 11.6 Å². The van der Waals surface area contributed by atoms with Crippen molar-refractivity contribution >= 4 is 0 Å². The van der Waals surface area contributed by atoms with E-state index in [1.807, 2.05) is 13.8 Å². The third kappa shape index (κ3) is 2.08. The molecule has 0 aromatic heterocycles. The first kappa shape index (κ1) is 12.5. The van der Waals surface area contributed by atoms with Crippen LogP contribution in [0, 0.1) is 23.5 Å². The van der Waals surface area contributed by atoms with E-state index in [0.717, 1.165) is 18.9 Å². The van der Waals surface area contributed by atoms with Crippen LogP contribution in [0.4, 0.5) is 8.78 Å². The van der Waals surface area contributed by atoms with Crippen molar-refractivity contribution in [1.82, 2.24) is 0 Å². The highest BCUT2D eigenvalue weighted by atomic mass is 19.2. The average molecular weight is 240 g/mol. The molecule has 2 rings (SSSR count). The van der Waals surface area contributed by atoms with E-state index in [1.165, 1.54) is 12.1 Å². The number of aliphatic hydroxyl groups is 1. The van der Waals surface area contributed by atoms with Gasteiger partial charge in [0, 0.05) is 5.56 Å². The van der Waals surface area contributed by atoms with Crippen molar-refractivity contribution in [2.45, 2.75) is 38.7 Å². The Balaban J connectivity index is 2.45. The van der Waals surface area contributed by atoms with Crippen LogP contribution in [0.2, 0.25) is 0 Å². The van der Waals surface area contributed by atoms with Gasteiger partial charge in [0.25, 0.3) is 0 Å². The van der Waals surface area contributed by atoms with Crippen molar-refractivity contribution in [3.05, 3.63) is 35.4 Å². The maximum Gasteiger partial charge on any atom is 0.164 e. The Labute approximate surface area is 100 Å². The Hall–Kier alpha value is -0.960. The van der Waals surface area contributed by atoms with E-state index in [0.29, 0.717) is 12.3 Å². The largest absolute Gasteiger partial charge is 0.385 e. The summed E-state index contributed by atoms with van der Waals surface area (Å²) in [5.74, 6) is -1.51. The molecular formula is C14H18F2O. The first-order valence-corrected chi connectivity index (χ1v) is 6.12. The van der Waals surface area contributed by atoms with Crippen LogP contribution in [0.15, 0.2) is 18.2 Å². The van der Waals surface area contributed by atoms with Crippen LogP contribution in [-0.2, 0) is 5.60 Å². The van der Waals surface area contributed by atoms with Gasteiger partial charge in [-0.2, -0.15) is 0 Å². The summed E-state index contributed by atoms with van der Waals surface area (Å²) in [7, 11) is 0. The zero-order valence-electron chi connectivity index (χ0n) is 10.2. The molecule has 0 radical (unpaired) electrons. The van der Waals surface area contributed by atoms with Gasteiger partial charge in [0.05, 0.1) is 5.60 Å². The second-order valence-corrected chi connectivity index (χ2v) is 5.31. The summed E-state index contributed by atoms with van der Waals surface area (Å²) in [6.07, 6.45) is 2.36. The molecule has 1 nitrogen and oxygen atoms in total. The van der Waals surface area contributed by atoms with Crippen LogP contribution < -0.4 is 0 Å². The fraction of sp³-hybridized carbons (Fsp3) is 0.571. The van der Waals surface area contributed by atoms with E-state index in [9.17, 15) is 13.9 Å². The lowest BCUT2D eigenvalue weighted by atomic mass is 9.69. The molecule has 0 aliphatic heterocycles. The highest BCUT2D eigenvalue weighted by Crippen LogP contribution is 2.44. The van der Waals surface area contributed by atoms with Crippen molar-refractivity contribution in [2.75, 3.05) is 0 Å². The van der Waals surface area contributed by atoms with Gasteiger partial charge in [0.2, 0.25) is 0 Å². The SMILES string of the molecule is CC1CCC(C)C(O)(c2cccc(F)c2F)C1. The molecular weight excluding hydrogens is 222 g/mol. The summed E-state index contributed by atoms with van der Waals surface area (Å²) in [6.45, 7) is 3.93. The molecule has 94 valence electrons. The summed E-state index contributed by atoms with van der Waals surface area (Å²) in [4.78, 5) is 0. The summed E-state index contributed by atoms with van der Waals surface area (Å²) < 4.78 is 27.0. The fourth-order valence-electron chi connectivity index (χ4n) is 2.82. The number of hydrogen-bond donors (Lipinski definition) is 1. The third-order valence-electron chi connectivity index (χ3n) is 3.99. The van der Waals surface area contributed by atoms with E-state index < -0.39 is 17.2 Å². The summed E-state index contributed by atoms with van der Waals surface area (Å²) in [6, 6.07) is 4.03. The highest BCUT2D eigenvalue weighted by molar-refractivity contribution is 5.27. The maximum atomic E-state index is 13.8. The first-order chi connectivity index (χ1) is 7.95. The second kappa shape index (κ2) is 4.37. The molecule has 1 aromatic rings. The molecule has 0 saturated heterocycles. The lowest BCUT2D eigenvalue weighted by Gasteiger charge is -2.41. The Morgan fingerprint density at radius 3 is 2.65 bits per heavy atom. The van der Waals surface area contributed by atoms with Crippen molar-refractivity contribution in [2.24, 2.45) is 11.8 Å². The predicted octanol–water partition coefficient (Wildman–Crippen LogP) is 3.61. The fourth-order valence-corrected chi connectivity index (χ4v) is 2.82. The van der Waals surface area contributed by atoms with Gasteiger partial charge in [-0.3, -0.25) is 0 Å². The third-order valence-corrected chi connectivity index (χ3v) is 3.99. The Bertz CT molecular complexity index is 419. The summed E-state index contributed by atoms with van der Waals surface area (Å²) in [5.41, 5.74) is -1.12. The standard InChI is InChI=1S/C14H18F2O/c1-9-6-7-10(2)14(17,8-9)11-4-3-5-12(15)13(11)16/h3-5,9-10,17H,6-8H2,1-2H3. The van der Waals surface area contributed by atoms with Crippen molar-refractivity contribution in [3.8, 4) is 0 Å². The van der Waals surface area contributed by atoms with Crippen molar-refractivity contribution in [3.63, 3.8) is 0 Å². The van der Waals surface area contributed by atoms with Crippen LogP contribution >= 0.6 is 0 Å². The lowest BCUT2D eigenvalue weighted by molar-refractivity contribution is -0.0655. The van der Waals surface area contributed by atoms with E-state index >= 15 is 0 Å². The molecule has 3 unspecified atom stereocenters. The average Bonchev–Trinajstić information content (AvgIpc) is 2.28. The minimum Gasteiger partial charge on any atom is -0.385 e. The predicted molar refractivity (Wildman–Crippen MR) is 62.4 cm³/mol. The van der Waals surface area contributed by atoms with Crippen LogP contribution in [-0.4, -0.2) is 5.11 Å². The molecule has 0 bridgehead atoms. The molecule has 1 aliphatic rings. The Kier molecular flexibility index (Phi) is 3.21. The van der Waals surface area contributed by atoms with E-state index in [4.69, 9.17) is 0 Å². The van der Waals surface area contributed by atoms with Gasteiger partial charge < -0.3 is 5.11 Å². The molecule has 0 spiro atoms. The quantitative estimate of drug-likeness (QED) is 0.795. The maximum absolute atomic E-state index is 13.8. The molecule has 3 heteroatoms. The molecule has 17 heavy (non-hydrogen) atoms. The topological polar surface area (TPSA) is 20.2 Å². The Morgan fingerprint density at radius 2 is 1.94 bits per heavy atom. The molecule has 0 amide bonds. The highest BCUT2D eigenvalue weighted by Gasteiger charge is 2.42. The van der Waals surface area contributed by atoms with Crippen LogP contribution in [0.3, 0.4) is 0 Å². The van der Waals surface area contributed by atoms with Gasteiger partial charge in [-0.1, -0.05) is 32.4 Å². The molecule has 1 N–H and O–H groups in total. The van der Waals surface area contributed by atoms with Gasteiger partial charge in [-0.15, -0.1) is 0 Å². The lowest BCUT2D eigenvalue weighted by Crippen LogP contribution is -2.40. The van der Waals surface area contributed by atoms with Crippen LogP contribution in [0.1, 0.15) is 38.7 Å². The van der Waals surface area contributed by atoms with Crippen molar-refractivity contribution < 1.29 is 13.9 Å². The number of hydrogen-bond acceptors (Lipinski definition) is 1. The molecule has 1 aliphatic carbocycles. The second-order valence-electron chi connectivity index (χ2n) is 5.31. The van der Waals surface area contributed by atoms with E-state index in [2.05, 4.69) is 0 Å². The summed E-state index contributed by atoms with van der Waals surface area (Å²) in [5, 5.41) is 10.7. The zero-order valence-corrected chi connectivity index (χ0v) is 10.2. The minimum atomic E-state index is -1.23. The van der Waals surface area contributed by atoms with Gasteiger partial charge >= 0.3 is 0 Å². The number of halogens is 2. The molecule has 1 aromatic carbocycles. The number of rotatable bonds is 1. The van der Waals surface area contributed by atoms with Crippen LogP contribution in [0.5, 0.6) is 0 Å². The molecule has 0 heterocycles. The molecule has 1 fully saturated rings. The molecule has 3 atom stereocenters. The Morgan fingerprint density at radius 1 is 1.24 bits per heavy atom. The molecule has 1 saturated carbocycles. The summed E-state index contributed by atoms with van der Waals surface area (Å²) >= 11 is 0.